The van der Waals surface area contributed by atoms with E-state index >= 15 is 0 Å². The molecular formula is C15H18BrN3O3. The second kappa shape index (κ2) is 7.84. The Labute approximate surface area is 137 Å². The van der Waals surface area contributed by atoms with Gasteiger partial charge < -0.3 is 14.8 Å². The van der Waals surface area contributed by atoms with Crippen LogP contribution in [0.3, 0.4) is 0 Å². The Balaban J connectivity index is 1.92. The molecule has 0 fully saturated rings. The van der Waals surface area contributed by atoms with Crippen LogP contribution in [0, 0.1) is 0 Å². The number of carbonyl (C=O) groups excluding carboxylic acids is 1. The SMILES string of the molecule is COc1cccc(OC)c1C(=O)NCCCn1cc(Br)cn1. The quantitative estimate of drug-likeness (QED) is 0.763. The molecule has 0 unspecified atom stereocenters. The van der Waals surface area contributed by atoms with Crippen molar-refractivity contribution in [2.24, 2.45) is 0 Å². The van der Waals surface area contributed by atoms with Crippen molar-refractivity contribution in [1.29, 1.82) is 0 Å². The first-order valence-electron chi connectivity index (χ1n) is 6.83. The van der Waals surface area contributed by atoms with Crippen molar-refractivity contribution in [3.8, 4) is 11.5 Å². The van der Waals surface area contributed by atoms with Crippen molar-refractivity contribution >= 4 is 21.8 Å². The number of halogens is 1. The summed E-state index contributed by atoms with van der Waals surface area (Å²) in [7, 11) is 3.06. The van der Waals surface area contributed by atoms with E-state index in [1.165, 1.54) is 14.2 Å². The van der Waals surface area contributed by atoms with Gasteiger partial charge in [0.2, 0.25) is 0 Å². The van der Waals surface area contributed by atoms with Gasteiger partial charge in [-0.3, -0.25) is 9.48 Å². The maximum Gasteiger partial charge on any atom is 0.258 e. The van der Waals surface area contributed by atoms with E-state index in [1.807, 2.05) is 10.9 Å². The predicted octanol–water partition coefficient (Wildman–Crippen LogP) is 2.48. The van der Waals surface area contributed by atoms with Crippen LogP contribution in [0.4, 0.5) is 0 Å². The second-order valence-electron chi connectivity index (χ2n) is 4.57. The lowest BCUT2D eigenvalue weighted by Crippen LogP contribution is -2.26. The molecular weight excluding hydrogens is 350 g/mol. The average molecular weight is 368 g/mol. The number of nitrogens with zero attached hydrogens (tertiary/aromatic N) is 2. The number of methoxy groups -OCH3 is 2. The summed E-state index contributed by atoms with van der Waals surface area (Å²) in [6.45, 7) is 1.27. The smallest absolute Gasteiger partial charge is 0.258 e. The highest BCUT2D eigenvalue weighted by Gasteiger charge is 2.17. The van der Waals surface area contributed by atoms with E-state index in [0.29, 0.717) is 23.6 Å². The lowest BCUT2D eigenvalue weighted by atomic mass is 10.1. The van der Waals surface area contributed by atoms with Crippen molar-refractivity contribution in [3.63, 3.8) is 0 Å². The number of hydrogen-bond donors (Lipinski definition) is 1. The molecule has 1 aromatic heterocycles. The lowest BCUT2D eigenvalue weighted by molar-refractivity contribution is 0.0946. The van der Waals surface area contributed by atoms with Gasteiger partial charge in [0, 0.05) is 19.3 Å². The van der Waals surface area contributed by atoms with Gasteiger partial charge in [-0.25, -0.2) is 0 Å². The highest BCUT2D eigenvalue weighted by molar-refractivity contribution is 9.10. The first-order valence-corrected chi connectivity index (χ1v) is 7.62. The molecule has 1 N–H and O–H groups in total. The Morgan fingerprint density at radius 2 is 2.00 bits per heavy atom. The van der Waals surface area contributed by atoms with Gasteiger partial charge in [0.1, 0.15) is 17.1 Å². The highest BCUT2D eigenvalue weighted by Crippen LogP contribution is 2.27. The fourth-order valence-corrected chi connectivity index (χ4v) is 2.39. The summed E-state index contributed by atoms with van der Waals surface area (Å²) >= 11 is 3.35. The third kappa shape index (κ3) is 4.00. The number of aromatic nitrogens is 2. The molecule has 0 atom stereocenters. The molecule has 1 amide bonds. The van der Waals surface area contributed by atoms with Crippen molar-refractivity contribution in [3.05, 3.63) is 40.6 Å². The molecule has 1 heterocycles. The topological polar surface area (TPSA) is 65.4 Å². The van der Waals surface area contributed by atoms with Gasteiger partial charge in [-0.15, -0.1) is 0 Å². The van der Waals surface area contributed by atoms with Crippen LogP contribution in [0.25, 0.3) is 0 Å². The molecule has 2 aromatic rings. The van der Waals surface area contributed by atoms with Crippen LogP contribution in [-0.4, -0.2) is 36.5 Å². The molecule has 1 aromatic carbocycles. The lowest BCUT2D eigenvalue weighted by Gasteiger charge is -2.13. The third-order valence-electron chi connectivity index (χ3n) is 3.11. The number of hydrogen-bond acceptors (Lipinski definition) is 4. The molecule has 0 aliphatic heterocycles. The van der Waals surface area contributed by atoms with Crippen molar-refractivity contribution in [2.45, 2.75) is 13.0 Å². The van der Waals surface area contributed by atoms with Crippen LogP contribution in [0.1, 0.15) is 16.8 Å². The minimum Gasteiger partial charge on any atom is -0.496 e. The Morgan fingerprint density at radius 3 is 2.55 bits per heavy atom. The van der Waals surface area contributed by atoms with Crippen LogP contribution >= 0.6 is 15.9 Å². The Bertz CT molecular complexity index is 620. The molecule has 0 bridgehead atoms. The van der Waals surface area contributed by atoms with Gasteiger partial charge in [0.25, 0.3) is 5.91 Å². The molecule has 7 heteroatoms. The molecule has 0 saturated heterocycles. The number of carbonyl (C=O) groups is 1. The largest absolute Gasteiger partial charge is 0.496 e. The zero-order valence-electron chi connectivity index (χ0n) is 12.5. The van der Waals surface area contributed by atoms with Crippen LogP contribution in [-0.2, 0) is 6.54 Å². The van der Waals surface area contributed by atoms with Crippen LogP contribution in [0.2, 0.25) is 0 Å². The van der Waals surface area contributed by atoms with E-state index in [0.717, 1.165) is 17.4 Å². The first-order chi connectivity index (χ1) is 10.7. The molecule has 0 saturated carbocycles. The number of ether oxygens (including phenoxy) is 2. The minimum absolute atomic E-state index is 0.212. The van der Waals surface area contributed by atoms with Gasteiger partial charge in [-0.2, -0.15) is 5.10 Å². The zero-order valence-corrected chi connectivity index (χ0v) is 14.1. The van der Waals surface area contributed by atoms with E-state index in [9.17, 15) is 4.79 Å². The zero-order chi connectivity index (χ0) is 15.9. The second-order valence-corrected chi connectivity index (χ2v) is 5.48. The van der Waals surface area contributed by atoms with Gasteiger partial charge in [0.05, 0.1) is 24.9 Å². The highest BCUT2D eigenvalue weighted by atomic mass is 79.9. The number of rotatable bonds is 7. The molecule has 118 valence electrons. The molecule has 0 radical (unpaired) electrons. The van der Waals surface area contributed by atoms with Gasteiger partial charge >= 0.3 is 0 Å². The predicted molar refractivity (Wildman–Crippen MR) is 86.4 cm³/mol. The summed E-state index contributed by atoms with van der Waals surface area (Å²) in [5, 5.41) is 7.04. The summed E-state index contributed by atoms with van der Waals surface area (Å²) < 4.78 is 13.2. The molecule has 2 rings (SSSR count). The third-order valence-corrected chi connectivity index (χ3v) is 3.52. The summed E-state index contributed by atoms with van der Waals surface area (Å²) in [5.41, 5.74) is 0.411. The van der Waals surface area contributed by atoms with E-state index < -0.39 is 0 Å². The average Bonchev–Trinajstić information content (AvgIpc) is 2.95. The Kier molecular flexibility index (Phi) is 5.83. The molecule has 0 aliphatic rings. The summed E-state index contributed by atoms with van der Waals surface area (Å²) in [5.74, 6) is 0.775. The van der Waals surface area contributed by atoms with Crippen molar-refractivity contribution in [2.75, 3.05) is 20.8 Å². The normalized spacial score (nSPS) is 10.3. The summed E-state index contributed by atoms with van der Waals surface area (Å²) in [6.07, 6.45) is 4.40. The number of nitrogens with one attached hydrogen (secondary N) is 1. The fourth-order valence-electron chi connectivity index (χ4n) is 2.07. The van der Waals surface area contributed by atoms with Crippen LogP contribution in [0.15, 0.2) is 35.1 Å². The number of amides is 1. The maximum atomic E-state index is 12.3. The van der Waals surface area contributed by atoms with Crippen molar-refractivity contribution < 1.29 is 14.3 Å². The molecule has 0 aliphatic carbocycles. The van der Waals surface area contributed by atoms with E-state index in [4.69, 9.17) is 9.47 Å². The summed E-state index contributed by atoms with van der Waals surface area (Å²) in [6, 6.07) is 5.25. The fraction of sp³-hybridized carbons (Fsp3) is 0.333. The molecule has 6 nitrogen and oxygen atoms in total. The van der Waals surface area contributed by atoms with E-state index in [-0.39, 0.29) is 5.91 Å². The van der Waals surface area contributed by atoms with Gasteiger partial charge in [-0.1, -0.05) is 6.07 Å². The van der Waals surface area contributed by atoms with Crippen LogP contribution < -0.4 is 14.8 Å². The van der Waals surface area contributed by atoms with Gasteiger partial charge in [0.15, 0.2) is 0 Å². The number of benzene rings is 1. The Morgan fingerprint density at radius 1 is 1.32 bits per heavy atom. The first kappa shape index (κ1) is 16.4. The van der Waals surface area contributed by atoms with E-state index in [2.05, 4.69) is 26.3 Å². The number of aryl methyl sites for hydroxylation is 1. The monoisotopic (exact) mass is 367 g/mol. The maximum absolute atomic E-state index is 12.3. The minimum atomic E-state index is -0.212. The van der Waals surface area contributed by atoms with E-state index in [1.54, 1.807) is 24.4 Å². The van der Waals surface area contributed by atoms with Crippen molar-refractivity contribution in [1.82, 2.24) is 15.1 Å². The molecule has 0 spiro atoms. The summed E-state index contributed by atoms with van der Waals surface area (Å²) in [4.78, 5) is 12.3. The Hall–Kier alpha value is -2.02. The van der Waals surface area contributed by atoms with Gasteiger partial charge in [-0.05, 0) is 34.5 Å². The van der Waals surface area contributed by atoms with Crippen LogP contribution in [0.5, 0.6) is 11.5 Å². The molecule has 22 heavy (non-hydrogen) atoms. The standard InChI is InChI=1S/C15H18BrN3O3/c1-21-12-5-3-6-13(22-2)14(12)15(20)17-7-4-8-19-10-11(16)9-18-19/h3,5-6,9-10H,4,7-8H2,1-2H3,(H,17,20).